The lowest BCUT2D eigenvalue weighted by molar-refractivity contribution is 0.195. The number of hydrogen-bond acceptors (Lipinski definition) is 4. The normalized spacial score (nSPS) is 24.8. The van der Waals surface area contributed by atoms with Crippen molar-refractivity contribution in [3.05, 3.63) is 215 Å². The van der Waals surface area contributed by atoms with E-state index >= 15 is 0 Å². The molecule has 4 heterocycles. The molecule has 0 amide bonds. The molecule has 8 aromatic rings. The minimum atomic E-state index is -0.485. The summed E-state index contributed by atoms with van der Waals surface area (Å²) in [6.07, 6.45) is 13.7. The van der Waals surface area contributed by atoms with Crippen LogP contribution in [0.25, 0.3) is 33.4 Å². The first kappa shape index (κ1) is 42.3. The maximum atomic E-state index is 4.60. The predicted octanol–water partition coefficient (Wildman–Crippen LogP) is 16.3. The molecule has 2 saturated carbocycles. The summed E-state index contributed by atoms with van der Waals surface area (Å²) < 4.78 is 0. The molecule has 2 fully saturated rings. The van der Waals surface area contributed by atoms with Crippen molar-refractivity contribution in [2.45, 2.75) is 120 Å². The molecule has 0 N–H and O–H groups in total. The van der Waals surface area contributed by atoms with E-state index in [0.717, 1.165) is 11.4 Å². The summed E-state index contributed by atoms with van der Waals surface area (Å²) >= 11 is 0. The zero-order chi connectivity index (χ0) is 46.9. The Kier molecular flexibility index (Phi) is 9.27. The van der Waals surface area contributed by atoms with Crippen molar-refractivity contribution < 1.29 is 0 Å². The molecule has 13 rings (SSSR count). The van der Waals surface area contributed by atoms with Gasteiger partial charge >= 0.3 is 0 Å². The van der Waals surface area contributed by atoms with Crippen LogP contribution in [0.15, 0.2) is 170 Å². The summed E-state index contributed by atoms with van der Waals surface area (Å²) in [5, 5.41) is 0. The average molecular weight is 899 g/mol. The summed E-state index contributed by atoms with van der Waals surface area (Å²) in [5.74, 6) is 0. The molecule has 5 aliphatic rings. The minimum absolute atomic E-state index is 0.0119. The van der Waals surface area contributed by atoms with E-state index < -0.39 is 5.41 Å². The molecule has 0 spiro atoms. The number of aromatic nitrogens is 2. The van der Waals surface area contributed by atoms with Crippen molar-refractivity contribution in [3.8, 4) is 33.4 Å². The second-order valence-electron chi connectivity index (χ2n) is 22.1. The lowest BCUT2D eigenvalue weighted by Crippen LogP contribution is -2.54. The van der Waals surface area contributed by atoms with Gasteiger partial charge in [0.2, 0.25) is 0 Å². The third-order valence-electron chi connectivity index (χ3n) is 18.7. The summed E-state index contributed by atoms with van der Waals surface area (Å²) in [6.45, 7) is 14.4. The third kappa shape index (κ3) is 5.75. The predicted molar refractivity (Wildman–Crippen MR) is 285 cm³/mol. The minimum Gasteiger partial charge on any atom is -0.334 e. The van der Waals surface area contributed by atoms with E-state index in [1.165, 1.54) is 141 Å². The number of nitrogens with zero attached hydrogens (tertiary/aromatic N) is 4. The maximum Gasteiger partial charge on any atom is 0.0713 e. The standard InChI is InChI=1S/C65H62N4/c1-43-37-51(29-35-66-43)68-59-27-23-47(41-57(59)61(3)31-13-15-33-63(61,68)5)45-21-25-55-53(39-45)54-40-46(22-26-56(54)65(55,49-17-9-7-10-18-49)50-19-11-8-12-20-50)48-24-28-60-58(42-48)62(4)32-14-16-34-64(62,6)69(60)52-30-36-67-44(2)38-52/h7-12,17-30,35-42H,13-16,31-34H2,1-6H3. The molecule has 0 radical (unpaired) electrons. The second-order valence-corrected chi connectivity index (χ2v) is 22.1. The first-order chi connectivity index (χ1) is 33.5. The molecule has 4 nitrogen and oxygen atoms in total. The van der Waals surface area contributed by atoms with Gasteiger partial charge in [-0.15, -0.1) is 0 Å². The molecule has 0 saturated heterocycles. The van der Waals surface area contributed by atoms with Gasteiger partial charge in [0.25, 0.3) is 0 Å². The van der Waals surface area contributed by atoms with Crippen molar-refractivity contribution in [3.63, 3.8) is 0 Å². The fourth-order valence-electron chi connectivity index (χ4n) is 14.8. The topological polar surface area (TPSA) is 32.3 Å². The lowest BCUT2D eigenvalue weighted by atomic mass is 9.61. The van der Waals surface area contributed by atoms with Crippen molar-refractivity contribution in [2.75, 3.05) is 9.80 Å². The number of aryl methyl sites for hydroxylation is 2. The maximum absolute atomic E-state index is 4.60. The fourth-order valence-corrected chi connectivity index (χ4v) is 14.8. The highest BCUT2D eigenvalue weighted by atomic mass is 15.3. The van der Waals surface area contributed by atoms with Crippen LogP contribution >= 0.6 is 0 Å². The number of hydrogen-bond donors (Lipinski definition) is 0. The Morgan fingerprint density at radius 3 is 1.20 bits per heavy atom. The highest BCUT2D eigenvalue weighted by Gasteiger charge is 2.59. The van der Waals surface area contributed by atoms with Crippen LogP contribution in [0.1, 0.15) is 124 Å². The van der Waals surface area contributed by atoms with Crippen LogP contribution in [0, 0.1) is 13.8 Å². The molecule has 2 aliphatic heterocycles. The van der Waals surface area contributed by atoms with E-state index in [0.29, 0.717) is 0 Å². The molecule has 4 heteroatoms. The van der Waals surface area contributed by atoms with Crippen molar-refractivity contribution in [1.29, 1.82) is 0 Å². The Labute approximate surface area is 409 Å². The van der Waals surface area contributed by atoms with E-state index in [-0.39, 0.29) is 21.9 Å². The van der Waals surface area contributed by atoms with Gasteiger partial charge in [-0.25, -0.2) is 0 Å². The number of rotatable bonds is 6. The van der Waals surface area contributed by atoms with Crippen LogP contribution in [0.4, 0.5) is 22.7 Å². The van der Waals surface area contributed by atoms with E-state index in [9.17, 15) is 0 Å². The van der Waals surface area contributed by atoms with Crippen LogP contribution in [0.2, 0.25) is 0 Å². The number of fused-ring (bicyclic) bond motifs is 9. The molecule has 2 aromatic heterocycles. The summed E-state index contributed by atoms with van der Waals surface area (Å²) in [6, 6.07) is 61.0. The van der Waals surface area contributed by atoms with E-state index in [1.54, 1.807) is 0 Å². The molecule has 0 bridgehead atoms. The monoisotopic (exact) mass is 898 g/mol. The van der Waals surface area contributed by atoms with Crippen molar-refractivity contribution in [2.24, 2.45) is 0 Å². The molecule has 6 aromatic carbocycles. The Bertz CT molecular complexity index is 3130. The highest BCUT2D eigenvalue weighted by Crippen LogP contribution is 2.64. The van der Waals surface area contributed by atoms with Crippen LogP contribution in [-0.2, 0) is 16.2 Å². The summed E-state index contributed by atoms with van der Waals surface area (Å²) in [4.78, 5) is 14.5. The second kappa shape index (κ2) is 15.1. The first-order valence-corrected chi connectivity index (χ1v) is 25.6. The fraction of sp³-hybridized carbons (Fsp3) is 0.292. The molecule has 69 heavy (non-hydrogen) atoms. The number of pyridine rings is 2. The quantitative estimate of drug-likeness (QED) is 0.166. The van der Waals surface area contributed by atoms with Crippen LogP contribution < -0.4 is 9.80 Å². The van der Waals surface area contributed by atoms with E-state index in [4.69, 9.17) is 0 Å². The first-order valence-electron chi connectivity index (χ1n) is 25.6. The van der Waals surface area contributed by atoms with Gasteiger partial charge in [-0.2, -0.15) is 0 Å². The molecule has 4 unspecified atom stereocenters. The largest absolute Gasteiger partial charge is 0.334 e. The molecular formula is C65H62N4. The van der Waals surface area contributed by atoms with Gasteiger partial charge in [-0.05, 0) is 181 Å². The smallest absolute Gasteiger partial charge is 0.0713 e. The zero-order valence-corrected chi connectivity index (χ0v) is 41.1. The lowest BCUT2D eigenvalue weighted by Gasteiger charge is -2.50. The Balaban J connectivity index is 0.994. The number of benzene rings is 6. The number of anilines is 4. The van der Waals surface area contributed by atoms with Gasteiger partial charge in [0.1, 0.15) is 0 Å². The average Bonchev–Trinajstić information content (AvgIpc) is 3.87. The molecule has 342 valence electrons. The van der Waals surface area contributed by atoms with Crippen LogP contribution in [0.3, 0.4) is 0 Å². The van der Waals surface area contributed by atoms with Crippen LogP contribution in [-0.4, -0.2) is 21.0 Å². The van der Waals surface area contributed by atoms with Gasteiger partial charge in [0.15, 0.2) is 0 Å². The zero-order valence-electron chi connectivity index (χ0n) is 41.1. The summed E-state index contributed by atoms with van der Waals surface area (Å²) in [5.41, 5.74) is 22.7. The van der Waals surface area contributed by atoms with Gasteiger partial charge in [-0.1, -0.05) is 137 Å². The van der Waals surface area contributed by atoms with E-state index in [1.807, 2.05) is 12.4 Å². The molecule has 3 aliphatic carbocycles. The highest BCUT2D eigenvalue weighted by molar-refractivity contribution is 5.92. The van der Waals surface area contributed by atoms with Gasteiger partial charge in [0.05, 0.1) is 16.5 Å². The van der Waals surface area contributed by atoms with E-state index in [2.05, 4.69) is 219 Å². The summed E-state index contributed by atoms with van der Waals surface area (Å²) in [7, 11) is 0. The Morgan fingerprint density at radius 2 is 0.783 bits per heavy atom. The van der Waals surface area contributed by atoms with Crippen LogP contribution in [0.5, 0.6) is 0 Å². The third-order valence-corrected chi connectivity index (χ3v) is 18.7. The molecular weight excluding hydrogens is 837 g/mol. The van der Waals surface area contributed by atoms with Crippen molar-refractivity contribution in [1.82, 2.24) is 9.97 Å². The van der Waals surface area contributed by atoms with Gasteiger partial charge < -0.3 is 9.80 Å². The van der Waals surface area contributed by atoms with Gasteiger partial charge in [0, 0.05) is 57.4 Å². The van der Waals surface area contributed by atoms with Gasteiger partial charge in [-0.3, -0.25) is 9.97 Å². The Morgan fingerprint density at radius 1 is 0.391 bits per heavy atom. The SMILES string of the molecule is Cc1cc(N2c3ccc(-c4ccc5c(c4)-c4cc(-c6ccc7c(c6)C6(C)CCCCC6(C)N7c6ccnc(C)c6)ccc4C5(c4ccccc4)c4ccccc4)cc3C3(C)CCCCC23C)ccn1. The molecule has 4 atom stereocenters. The van der Waals surface area contributed by atoms with Crippen molar-refractivity contribution >= 4 is 22.7 Å². The Hall–Kier alpha value is -6.78.